The summed E-state index contributed by atoms with van der Waals surface area (Å²) in [5, 5.41) is 16.3. The molecule has 3 N–H and O–H groups in total. The van der Waals surface area contributed by atoms with Gasteiger partial charge in [-0.3, -0.25) is 4.99 Å². The maximum absolute atomic E-state index is 9.90. The van der Waals surface area contributed by atoms with Crippen molar-refractivity contribution in [3.63, 3.8) is 0 Å². The number of benzene rings is 1. The molecule has 0 aromatic heterocycles. The SMILES string of the molecule is CN=C(NCCCOCC1CCOC1)NCc1cc(OC)ccc1O. The van der Waals surface area contributed by atoms with Gasteiger partial charge in [0, 0.05) is 44.8 Å². The van der Waals surface area contributed by atoms with Gasteiger partial charge in [0.2, 0.25) is 0 Å². The van der Waals surface area contributed by atoms with Crippen LogP contribution in [0.5, 0.6) is 11.5 Å². The molecule has 7 heteroatoms. The third-order valence-electron chi connectivity index (χ3n) is 4.09. The number of nitrogens with zero attached hydrogens (tertiary/aromatic N) is 1. The standard InChI is InChI=1S/C18H29N3O4/c1-19-18(20-7-3-8-24-12-14-6-9-25-13-14)21-11-15-10-16(23-2)4-5-17(15)22/h4-5,10,14,22H,3,6-9,11-13H2,1-2H3,(H2,19,20,21). The molecule has 1 aliphatic rings. The lowest BCUT2D eigenvalue weighted by Gasteiger charge is -2.14. The minimum atomic E-state index is 0.230. The quantitative estimate of drug-likeness (QED) is 0.355. The summed E-state index contributed by atoms with van der Waals surface area (Å²) < 4.78 is 16.2. The molecule has 0 saturated carbocycles. The van der Waals surface area contributed by atoms with Gasteiger partial charge >= 0.3 is 0 Å². The summed E-state index contributed by atoms with van der Waals surface area (Å²) in [6.07, 6.45) is 2.00. The molecule has 1 atom stereocenters. The average Bonchev–Trinajstić information content (AvgIpc) is 3.15. The van der Waals surface area contributed by atoms with Crippen molar-refractivity contribution in [2.45, 2.75) is 19.4 Å². The van der Waals surface area contributed by atoms with Gasteiger partial charge in [-0.25, -0.2) is 0 Å². The highest BCUT2D eigenvalue weighted by Crippen LogP contribution is 2.22. The maximum Gasteiger partial charge on any atom is 0.191 e. The van der Waals surface area contributed by atoms with Gasteiger partial charge in [0.1, 0.15) is 11.5 Å². The molecule has 0 bridgehead atoms. The molecule has 7 nitrogen and oxygen atoms in total. The predicted molar refractivity (Wildman–Crippen MR) is 97.2 cm³/mol. The van der Waals surface area contributed by atoms with E-state index < -0.39 is 0 Å². The Morgan fingerprint density at radius 2 is 2.28 bits per heavy atom. The van der Waals surface area contributed by atoms with Crippen molar-refractivity contribution >= 4 is 5.96 Å². The van der Waals surface area contributed by atoms with E-state index in [-0.39, 0.29) is 5.75 Å². The van der Waals surface area contributed by atoms with Gasteiger partial charge in [-0.15, -0.1) is 0 Å². The Bertz CT molecular complexity index is 545. The number of methoxy groups -OCH3 is 1. The van der Waals surface area contributed by atoms with E-state index in [2.05, 4.69) is 15.6 Å². The zero-order valence-corrected chi connectivity index (χ0v) is 15.1. The molecule has 0 radical (unpaired) electrons. The predicted octanol–water partition coefficient (Wildman–Crippen LogP) is 1.51. The highest BCUT2D eigenvalue weighted by Gasteiger charge is 2.15. The molecule has 1 saturated heterocycles. The topological polar surface area (TPSA) is 84.3 Å². The van der Waals surface area contributed by atoms with Crippen LogP contribution >= 0.6 is 0 Å². The summed E-state index contributed by atoms with van der Waals surface area (Å²) in [5.41, 5.74) is 0.754. The molecule has 0 spiro atoms. The second-order valence-electron chi connectivity index (χ2n) is 6.01. The van der Waals surface area contributed by atoms with Gasteiger partial charge in [0.05, 0.1) is 20.3 Å². The van der Waals surface area contributed by atoms with Crippen molar-refractivity contribution in [1.82, 2.24) is 10.6 Å². The molecule has 0 amide bonds. The van der Waals surface area contributed by atoms with Gasteiger partial charge in [-0.1, -0.05) is 0 Å². The van der Waals surface area contributed by atoms with Gasteiger partial charge in [-0.2, -0.15) is 0 Å². The van der Waals surface area contributed by atoms with E-state index in [1.54, 1.807) is 32.4 Å². The number of aliphatic imine (C=N–C) groups is 1. The summed E-state index contributed by atoms with van der Waals surface area (Å²) in [5.74, 6) is 2.18. The lowest BCUT2D eigenvalue weighted by molar-refractivity contribution is 0.0888. The first-order valence-electron chi connectivity index (χ1n) is 8.68. The van der Waals surface area contributed by atoms with Crippen LogP contribution in [0.1, 0.15) is 18.4 Å². The fourth-order valence-corrected chi connectivity index (χ4v) is 2.58. The van der Waals surface area contributed by atoms with E-state index in [9.17, 15) is 5.11 Å². The fraction of sp³-hybridized carbons (Fsp3) is 0.611. The van der Waals surface area contributed by atoms with Crippen molar-refractivity contribution in [2.75, 3.05) is 47.1 Å². The van der Waals surface area contributed by atoms with Crippen LogP contribution in [0, 0.1) is 5.92 Å². The zero-order valence-electron chi connectivity index (χ0n) is 15.1. The van der Waals surface area contributed by atoms with E-state index in [1.165, 1.54) is 0 Å². The molecule has 1 aromatic carbocycles. The van der Waals surface area contributed by atoms with Crippen LogP contribution in [-0.2, 0) is 16.0 Å². The van der Waals surface area contributed by atoms with Crippen LogP contribution < -0.4 is 15.4 Å². The molecule has 1 aromatic rings. The number of guanidine groups is 1. The van der Waals surface area contributed by atoms with Crippen LogP contribution in [0.2, 0.25) is 0 Å². The molecular formula is C18H29N3O4. The lowest BCUT2D eigenvalue weighted by atomic mass is 10.1. The van der Waals surface area contributed by atoms with E-state index in [1.807, 2.05) is 0 Å². The fourth-order valence-electron chi connectivity index (χ4n) is 2.58. The minimum Gasteiger partial charge on any atom is -0.508 e. The lowest BCUT2D eigenvalue weighted by Crippen LogP contribution is -2.37. The number of phenolic OH excluding ortho intramolecular Hbond substituents is 1. The monoisotopic (exact) mass is 351 g/mol. The van der Waals surface area contributed by atoms with Crippen molar-refractivity contribution in [3.8, 4) is 11.5 Å². The third-order valence-corrected chi connectivity index (χ3v) is 4.09. The summed E-state index contributed by atoms with van der Waals surface area (Å²) >= 11 is 0. The third kappa shape index (κ3) is 6.80. The largest absolute Gasteiger partial charge is 0.508 e. The molecule has 25 heavy (non-hydrogen) atoms. The molecule has 1 aliphatic heterocycles. The Morgan fingerprint density at radius 1 is 1.40 bits per heavy atom. The normalized spacial score (nSPS) is 17.5. The Balaban J connectivity index is 1.62. The van der Waals surface area contributed by atoms with Gasteiger partial charge in [0.15, 0.2) is 5.96 Å². The Labute approximate surface area is 149 Å². The second kappa shape index (κ2) is 10.8. The first-order chi connectivity index (χ1) is 12.2. The molecule has 2 rings (SSSR count). The van der Waals surface area contributed by atoms with Crippen LogP contribution in [0.25, 0.3) is 0 Å². The molecule has 1 unspecified atom stereocenters. The first kappa shape index (κ1) is 19.3. The Kier molecular flexibility index (Phi) is 8.34. The summed E-state index contributed by atoms with van der Waals surface area (Å²) in [7, 11) is 3.32. The number of ether oxygens (including phenoxy) is 3. The van der Waals surface area contributed by atoms with E-state index in [0.717, 1.165) is 51.4 Å². The summed E-state index contributed by atoms with van der Waals surface area (Å²) in [4.78, 5) is 4.18. The van der Waals surface area contributed by atoms with E-state index in [0.29, 0.717) is 24.2 Å². The summed E-state index contributed by atoms with van der Waals surface area (Å²) in [6, 6.07) is 5.15. The number of phenols is 1. The number of hydrogen-bond donors (Lipinski definition) is 3. The number of rotatable bonds is 9. The molecule has 140 valence electrons. The first-order valence-corrected chi connectivity index (χ1v) is 8.68. The Morgan fingerprint density at radius 3 is 3.00 bits per heavy atom. The van der Waals surface area contributed by atoms with Crippen LogP contribution in [-0.4, -0.2) is 58.2 Å². The van der Waals surface area contributed by atoms with Crippen molar-refractivity contribution in [1.29, 1.82) is 0 Å². The number of hydrogen-bond acceptors (Lipinski definition) is 5. The second-order valence-corrected chi connectivity index (χ2v) is 6.01. The smallest absolute Gasteiger partial charge is 0.191 e. The Hall–Kier alpha value is -1.99. The minimum absolute atomic E-state index is 0.230. The van der Waals surface area contributed by atoms with E-state index in [4.69, 9.17) is 14.2 Å². The van der Waals surface area contributed by atoms with Crippen LogP contribution in [0.3, 0.4) is 0 Å². The van der Waals surface area contributed by atoms with Gasteiger partial charge < -0.3 is 30.0 Å². The molecule has 1 heterocycles. The summed E-state index contributed by atoms with van der Waals surface area (Å²) in [6.45, 7) is 4.41. The van der Waals surface area contributed by atoms with Crippen molar-refractivity contribution < 1.29 is 19.3 Å². The highest BCUT2D eigenvalue weighted by molar-refractivity contribution is 5.79. The average molecular weight is 351 g/mol. The van der Waals surface area contributed by atoms with E-state index >= 15 is 0 Å². The van der Waals surface area contributed by atoms with Crippen molar-refractivity contribution in [3.05, 3.63) is 23.8 Å². The highest BCUT2D eigenvalue weighted by atomic mass is 16.5. The number of aromatic hydroxyl groups is 1. The maximum atomic E-state index is 9.90. The van der Waals surface area contributed by atoms with Crippen LogP contribution in [0.15, 0.2) is 23.2 Å². The molecule has 0 aliphatic carbocycles. The molecular weight excluding hydrogens is 322 g/mol. The van der Waals surface area contributed by atoms with Crippen LogP contribution in [0.4, 0.5) is 0 Å². The molecule has 1 fully saturated rings. The number of nitrogens with one attached hydrogen (secondary N) is 2. The van der Waals surface area contributed by atoms with Gasteiger partial charge in [-0.05, 0) is 31.0 Å². The zero-order chi connectivity index (χ0) is 17.9. The van der Waals surface area contributed by atoms with Crippen molar-refractivity contribution in [2.24, 2.45) is 10.9 Å². The van der Waals surface area contributed by atoms with Gasteiger partial charge in [0.25, 0.3) is 0 Å².